The van der Waals surface area contributed by atoms with E-state index in [0.717, 1.165) is 53.3 Å². The molecular weight excluding hydrogens is 787 g/mol. The number of anilines is 2. The number of thioether (sulfide) groups is 1. The number of pyridine rings is 1. The number of imide groups is 1. The number of carbonyl (C=O) groups is 4. The van der Waals surface area contributed by atoms with Crippen LogP contribution in [-0.2, 0) is 30.3 Å². The number of piperidine rings is 1. The summed E-state index contributed by atoms with van der Waals surface area (Å²) in [6, 6.07) is 17.7. The lowest BCUT2D eigenvalue weighted by Gasteiger charge is -2.29. The molecule has 2 fully saturated rings. The Labute approximate surface area is 351 Å². The number of hydrogen-bond donors (Lipinski definition) is 3. The van der Waals surface area contributed by atoms with Crippen molar-refractivity contribution in [2.24, 2.45) is 0 Å². The third-order valence-electron chi connectivity index (χ3n) is 10.9. The Morgan fingerprint density at radius 1 is 0.883 bits per heavy atom. The lowest BCUT2D eigenvalue weighted by atomic mass is 10.0. The Morgan fingerprint density at radius 3 is 2.47 bits per heavy atom. The van der Waals surface area contributed by atoms with E-state index in [-0.39, 0.29) is 30.2 Å². The average Bonchev–Trinajstić information content (AvgIpc) is 3.98. The first kappa shape index (κ1) is 41.0. The van der Waals surface area contributed by atoms with E-state index in [1.165, 1.54) is 0 Å². The molecule has 16 nitrogen and oxygen atoms in total. The predicted molar refractivity (Wildman–Crippen MR) is 224 cm³/mol. The second-order valence-electron chi connectivity index (χ2n) is 14.7. The summed E-state index contributed by atoms with van der Waals surface area (Å²) in [6.45, 7) is 4.92. The molecule has 8 rings (SSSR count). The monoisotopic (exact) mass is 833 g/mol. The van der Waals surface area contributed by atoms with Crippen molar-refractivity contribution in [2.45, 2.75) is 49.2 Å². The van der Waals surface area contributed by atoms with Crippen LogP contribution in [-0.4, -0.2) is 117 Å². The summed E-state index contributed by atoms with van der Waals surface area (Å²) in [5.41, 5.74) is 10.7. The standard InChI is InChI=1S/C43H47N9O7S/c44-39-38-37(28-9-11-29(12-10-28)41(54)47-35-8-1-2-15-45-35)49-40(51(38)18-16-46-39)32-6-4-17-50(32)19-20-57-21-22-58-23-24-59-25-26-60-34-7-3-5-30-31(34)27-52(43(30)56)33-13-14-36(53)48-42(33)55/h1-3,5,7-12,15-16,18,32-33H,4,6,13-14,17,19-27H2,(H2,44,46)(H,45,47,54)(H,48,53,55)/t32-,33?/m0/s1. The second kappa shape index (κ2) is 19.1. The van der Waals surface area contributed by atoms with Crippen molar-refractivity contribution < 1.29 is 33.4 Å². The Kier molecular flexibility index (Phi) is 13.1. The number of amides is 4. The van der Waals surface area contributed by atoms with Gasteiger partial charge in [-0.3, -0.25) is 33.8 Å². The lowest BCUT2D eigenvalue weighted by molar-refractivity contribution is -0.136. The maximum Gasteiger partial charge on any atom is 0.256 e. The molecule has 0 radical (unpaired) electrons. The Hall–Kier alpha value is -5.72. The summed E-state index contributed by atoms with van der Waals surface area (Å²) in [7, 11) is 0. The highest BCUT2D eigenvalue weighted by Gasteiger charge is 2.40. The summed E-state index contributed by atoms with van der Waals surface area (Å²) < 4.78 is 19.5. The molecule has 0 spiro atoms. The van der Waals surface area contributed by atoms with Crippen LogP contribution in [0.3, 0.4) is 0 Å². The van der Waals surface area contributed by atoms with Crippen LogP contribution >= 0.6 is 11.8 Å². The van der Waals surface area contributed by atoms with Crippen LogP contribution in [0.15, 0.2) is 84.1 Å². The first-order valence-corrected chi connectivity index (χ1v) is 21.2. The summed E-state index contributed by atoms with van der Waals surface area (Å²) in [4.78, 5) is 68.5. The van der Waals surface area contributed by atoms with Crippen LogP contribution in [0.1, 0.15) is 63.8 Å². The summed E-state index contributed by atoms with van der Waals surface area (Å²) in [6.07, 6.45) is 7.77. The minimum Gasteiger partial charge on any atom is -0.382 e. The van der Waals surface area contributed by atoms with E-state index in [1.807, 2.05) is 40.9 Å². The number of benzene rings is 2. The topological polar surface area (TPSA) is 196 Å². The van der Waals surface area contributed by atoms with E-state index in [1.54, 1.807) is 59.4 Å². The van der Waals surface area contributed by atoms with Gasteiger partial charge in [0.05, 0.1) is 45.7 Å². The van der Waals surface area contributed by atoms with Crippen molar-refractivity contribution in [1.29, 1.82) is 0 Å². The zero-order valence-corrected chi connectivity index (χ0v) is 33.9. The van der Waals surface area contributed by atoms with E-state index in [2.05, 4.69) is 25.5 Å². The van der Waals surface area contributed by atoms with E-state index in [4.69, 9.17) is 24.9 Å². The highest BCUT2D eigenvalue weighted by atomic mass is 32.2. The molecule has 2 aromatic carbocycles. The van der Waals surface area contributed by atoms with Gasteiger partial charge in [-0.2, -0.15) is 0 Å². The number of nitrogens with two attached hydrogens (primary N) is 1. The normalized spacial score (nSPS) is 18.0. The molecule has 0 saturated carbocycles. The number of carbonyl (C=O) groups excluding carboxylic acids is 4. The Balaban J connectivity index is 0.747. The second-order valence-corrected chi connectivity index (χ2v) is 15.8. The summed E-state index contributed by atoms with van der Waals surface area (Å²) in [5, 5.41) is 5.17. The van der Waals surface area contributed by atoms with Gasteiger partial charge in [-0.25, -0.2) is 15.0 Å². The molecular formula is C43H47N9O7S. The zero-order chi connectivity index (χ0) is 41.4. The van der Waals surface area contributed by atoms with Gasteiger partial charge >= 0.3 is 0 Å². The SMILES string of the molecule is Nc1nccn2c([C@@H]3CCCN3CCOCCOCCOCCSc3cccc4c3CN(C3CCC(=O)NC3=O)C4=O)nc(-c3ccc(C(=O)Nc4ccccn4)cc3)c12. The molecule has 3 aliphatic rings. The number of nitrogens with zero attached hydrogens (tertiary/aromatic N) is 6. The molecule has 312 valence electrons. The van der Waals surface area contributed by atoms with Crippen molar-refractivity contribution in [3.05, 3.63) is 102 Å². The van der Waals surface area contributed by atoms with Gasteiger partial charge < -0.3 is 30.2 Å². The van der Waals surface area contributed by atoms with Crippen LogP contribution < -0.4 is 16.4 Å². The van der Waals surface area contributed by atoms with E-state index < -0.39 is 11.9 Å². The molecule has 1 unspecified atom stereocenters. The molecule has 3 aromatic heterocycles. The largest absolute Gasteiger partial charge is 0.382 e. The smallest absolute Gasteiger partial charge is 0.256 e. The van der Waals surface area contributed by atoms with E-state index in [0.29, 0.717) is 86.8 Å². The van der Waals surface area contributed by atoms with Gasteiger partial charge in [0, 0.05) is 65.4 Å². The minimum atomic E-state index is -0.631. The van der Waals surface area contributed by atoms with Crippen LogP contribution in [0.5, 0.6) is 0 Å². The number of imidazole rings is 1. The quantitative estimate of drug-likeness (QED) is 0.0641. The molecule has 4 N–H and O–H groups in total. The first-order valence-electron chi connectivity index (χ1n) is 20.2. The fourth-order valence-electron chi connectivity index (χ4n) is 7.94. The molecule has 0 aliphatic carbocycles. The molecule has 2 atom stereocenters. The number of ether oxygens (including phenoxy) is 3. The first-order chi connectivity index (χ1) is 29.4. The minimum absolute atomic E-state index is 0.0736. The number of nitrogens with one attached hydrogen (secondary N) is 2. The van der Waals surface area contributed by atoms with Crippen molar-refractivity contribution >= 4 is 52.5 Å². The molecule has 60 heavy (non-hydrogen) atoms. The fraction of sp³-hybridized carbons (Fsp3) is 0.372. The van der Waals surface area contributed by atoms with Gasteiger partial charge in [0.1, 0.15) is 34.7 Å². The highest BCUT2D eigenvalue weighted by molar-refractivity contribution is 7.99. The average molecular weight is 834 g/mol. The van der Waals surface area contributed by atoms with Crippen LogP contribution in [0.4, 0.5) is 11.6 Å². The number of hydrogen-bond acceptors (Lipinski definition) is 13. The van der Waals surface area contributed by atoms with Gasteiger partial charge in [-0.15, -0.1) is 11.8 Å². The molecule has 3 aliphatic heterocycles. The lowest BCUT2D eigenvalue weighted by Crippen LogP contribution is -2.52. The van der Waals surface area contributed by atoms with Gasteiger partial charge in [0.15, 0.2) is 0 Å². The molecule has 5 aromatic rings. The number of nitrogen functional groups attached to an aromatic ring is 1. The zero-order valence-electron chi connectivity index (χ0n) is 33.1. The van der Waals surface area contributed by atoms with Gasteiger partial charge in [0.25, 0.3) is 11.8 Å². The van der Waals surface area contributed by atoms with Crippen molar-refractivity contribution in [2.75, 3.05) is 69.5 Å². The molecule has 0 bridgehead atoms. The number of aromatic nitrogens is 4. The van der Waals surface area contributed by atoms with Gasteiger partial charge in [-0.1, -0.05) is 24.3 Å². The van der Waals surface area contributed by atoms with Gasteiger partial charge in [-0.05, 0) is 67.8 Å². The van der Waals surface area contributed by atoms with Crippen molar-refractivity contribution in [1.82, 2.24) is 34.5 Å². The van der Waals surface area contributed by atoms with E-state index in [9.17, 15) is 19.2 Å². The van der Waals surface area contributed by atoms with E-state index >= 15 is 0 Å². The molecule has 17 heteroatoms. The van der Waals surface area contributed by atoms with Crippen LogP contribution in [0, 0.1) is 0 Å². The molecule has 4 amide bonds. The maximum absolute atomic E-state index is 13.1. The summed E-state index contributed by atoms with van der Waals surface area (Å²) >= 11 is 1.62. The highest BCUT2D eigenvalue weighted by Crippen LogP contribution is 2.37. The third-order valence-corrected chi connectivity index (χ3v) is 12.0. The van der Waals surface area contributed by atoms with Crippen molar-refractivity contribution in [3.8, 4) is 11.3 Å². The van der Waals surface area contributed by atoms with Gasteiger partial charge in [0.2, 0.25) is 11.8 Å². The van der Waals surface area contributed by atoms with Crippen LogP contribution in [0.2, 0.25) is 0 Å². The maximum atomic E-state index is 13.1. The van der Waals surface area contributed by atoms with Crippen LogP contribution in [0.25, 0.3) is 16.8 Å². The molecule has 2 saturated heterocycles. The Morgan fingerprint density at radius 2 is 1.68 bits per heavy atom. The number of likely N-dealkylation sites (tertiary alicyclic amines) is 1. The molecule has 6 heterocycles. The number of fused-ring (bicyclic) bond motifs is 2. The van der Waals surface area contributed by atoms with Crippen molar-refractivity contribution in [3.63, 3.8) is 0 Å². The third kappa shape index (κ3) is 9.19. The Bertz CT molecular complexity index is 2340. The fourth-order valence-corrected chi connectivity index (χ4v) is 8.89. The predicted octanol–water partition coefficient (Wildman–Crippen LogP) is 4.37. The summed E-state index contributed by atoms with van der Waals surface area (Å²) in [5.74, 6) is 1.33. The number of rotatable bonds is 18.